The van der Waals surface area contributed by atoms with Crippen LogP contribution in [0.25, 0.3) is 0 Å². The fourth-order valence-corrected chi connectivity index (χ4v) is 4.00. The van der Waals surface area contributed by atoms with E-state index in [1.54, 1.807) is 24.3 Å². The highest BCUT2D eigenvalue weighted by molar-refractivity contribution is 7.91. The van der Waals surface area contributed by atoms with E-state index in [1.807, 2.05) is 6.92 Å². The van der Waals surface area contributed by atoms with E-state index in [-0.39, 0.29) is 23.0 Å². The Morgan fingerprint density at radius 2 is 2.12 bits per heavy atom. The van der Waals surface area contributed by atoms with Gasteiger partial charge in [-0.15, -0.1) is 0 Å². The van der Waals surface area contributed by atoms with Gasteiger partial charge in [0.2, 0.25) is 0 Å². The van der Waals surface area contributed by atoms with Crippen LogP contribution in [0.5, 0.6) is 0 Å². The number of hydrogen-bond donors (Lipinski definition) is 2. The van der Waals surface area contributed by atoms with Gasteiger partial charge in [-0.2, -0.15) is 0 Å². The van der Waals surface area contributed by atoms with Crippen LogP contribution in [0, 0.1) is 5.92 Å². The number of aliphatic hydroxyl groups is 1. The molecule has 5 heteroatoms. The van der Waals surface area contributed by atoms with Gasteiger partial charge in [0.05, 0.1) is 16.2 Å². The highest BCUT2D eigenvalue weighted by atomic mass is 32.2. The van der Waals surface area contributed by atoms with Crippen LogP contribution in [0.4, 0.5) is 0 Å². The van der Waals surface area contributed by atoms with Crippen LogP contribution in [-0.4, -0.2) is 25.8 Å². The fraction of sp³-hybridized carbons (Fsp3) is 0.500. The van der Waals surface area contributed by atoms with E-state index in [1.165, 1.54) is 0 Å². The van der Waals surface area contributed by atoms with Crippen molar-refractivity contribution in [2.24, 2.45) is 11.7 Å². The molecule has 0 spiro atoms. The van der Waals surface area contributed by atoms with E-state index >= 15 is 0 Å². The molecular formula is C12H17NO3S. The van der Waals surface area contributed by atoms with Crippen molar-refractivity contribution < 1.29 is 13.5 Å². The highest BCUT2D eigenvalue weighted by Gasteiger charge is 2.43. The van der Waals surface area contributed by atoms with Gasteiger partial charge in [-0.1, -0.05) is 25.1 Å². The topological polar surface area (TPSA) is 80.4 Å². The molecule has 0 fully saturated rings. The van der Waals surface area contributed by atoms with Crippen molar-refractivity contribution in [2.45, 2.75) is 23.8 Å². The monoisotopic (exact) mass is 255 g/mol. The van der Waals surface area contributed by atoms with Gasteiger partial charge < -0.3 is 10.8 Å². The van der Waals surface area contributed by atoms with Gasteiger partial charge in [0.25, 0.3) is 0 Å². The molecule has 0 amide bonds. The molecule has 1 aromatic carbocycles. The Balaban J connectivity index is 2.64. The number of benzene rings is 1. The average Bonchev–Trinajstić information content (AvgIpc) is 2.34. The second-order valence-corrected chi connectivity index (χ2v) is 6.70. The van der Waals surface area contributed by atoms with Crippen LogP contribution >= 0.6 is 0 Å². The Bertz CT molecular complexity index is 526. The number of fused-ring (bicyclic) bond motifs is 1. The second kappa shape index (κ2) is 4.08. The molecule has 1 heterocycles. The summed E-state index contributed by atoms with van der Waals surface area (Å²) in [5, 5.41) is 10.7. The van der Waals surface area contributed by atoms with Gasteiger partial charge in [0.15, 0.2) is 9.84 Å². The predicted molar refractivity (Wildman–Crippen MR) is 65.2 cm³/mol. The number of sulfone groups is 1. The van der Waals surface area contributed by atoms with E-state index in [2.05, 4.69) is 0 Å². The lowest BCUT2D eigenvalue weighted by Crippen LogP contribution is -2.43. The van der Waals surface area contributed by atoms with Crippen LogP contribution in [0.3, 0.4) is 0 Å². The molecule has 1 aromatic rings. The fourth-order valence-electron chi connectivity index (χ4n) is 2.34. The van der Waals surface area contributed by atoms with Gasteiger partial charge in [-0.25, -0.2) is 8.42 Å². The Morgan fingerprint density at radius 3 is 2.76 bits per heavy atom. The number of nitrogens with two attached hydrogens (primary N) is 1. The summed E-state index contributed by atoms with van der Waals surface area (Å²) in [5.74, 6) is -0.190. The summed E-state index contributed by atoms with van der Waals surface area (Å²) < 4.78 is 23.9. The minimum Gasteiger partial charge on any atom is -0.385 e. The molecule has 0 saturated carbocycles. The van der Waals surface area contributed by atoms with Gasteiger partial charge in [0.1, 0.15) is 0 Å². The zero-order chi connectivity index (χ0) is 12.7. The van der Waals surface area contributed by atoms with E-state index in [0.717, 1.165) is 0 Å². The minimum atomic E-state index is -3.26. The summed E-state index contributed by atoms with van der Waals surface area (Å²) in [7, 11) is -3.26. The molecule has 0 radical (unpaired) electrons. The Morgan fingerprint density at radius 1 is 1.47 bits per heavy atom. The van der Waals surface area contributed by atoms with Crippen molar-refractivity contribution in [3.63, 3.8) is 0 Å². The molecule has 0 saturated heterocycles. The van der Waals surface area contributed by atoms with E-state index in [0.29, 0.717) is 12.1 Å². The number of hydrogen-bond acceptors (Lipinski definition) is 4. The molecule has 1 aliphatic rings. The van der Waals surface area contributed by atoms with Crippen LogP contribution in [-0.2, 0) is 15.4 Å². The van der Waals surface area contributed by atoms with Crippen molar-refractivity contribution in [3.05, 3.63) is 29.8 Å². The minimum absolute atomic E-state index is 0.0230. The van der Waals surface area contributed by atoms with Crippen LogP contribution < -0.4 is 5.73 Å². The Labute approximate surface area is 101 Å². The molecule has 4 nitrogen and oxygen atoms in total. The maximum absolute atomic E-state index is 11.9. The second-order valence-electron chi connectivity index (χ2n) is 4.63. The lowest BCUT2D eigenvalue weighted by molar-refractivity contribution is -0.0214. The standard InChI is InChI=1S/C12H17NO3S/c1-9(8-13)12(14)6-7-17(15,16)11-5-3-2-4-10(11)12/h2-5,9,14H,6-8,13H2,1H3. The SMILES string of the molecule is CC(CN)C1(O)CCS(=O)(=O)c2ccccc21. The third kappa shape index (κ3) is 1.88. The zero-order valence-electron chi connectivity index (χ0n) is 9.76. The van der Waals surface area contributed by atoms with Crippen LogP contribution in [0.2, 0.25) is 0 Å². The largest absolute Gasteiger partial charge is 0.385 e. The quantitative estimate of drug-likeness (QED) is 0.813. The first-order chi connectivity index (χ1) is 7.92. The lowest BCUT2D eigenvalue weighted by Gasteiger charge is -2.38. The van der Waals surface area contributed by atoms with Crippen molar-refractivity contribution in [3.8, 4) is 0 Å². The molecule has 1 aliphatic heterocycles. The first-order valence-electron chi connectivity index (χ1n) is 5.66. The first kappa shape index (κ1) is 12.5. The highest BCUT2D eigenvalue weighted by Crippen LogP contribution is 2.41. The normalized spacial score (nSPS) is 28.4. The van der Waals surface area contributed by atoms with Gasteiger partial charge >= 0.3 is 0 Å². The molecule has 94 valence electrons. The summed E-state index contributed by atoms with van der Waals surface area (Å²) in [6, 6.07) is 6.65. The Hall–Kier alpha value is -0.910. The first-order valence-corrected chi connectivity index (χ1v) is 7.32. The number of rotatable bonds is 2. The maximum Gasteiger partial charge on any atom is 0.178 e. The van der Waals surface area contributed by atoms with Crippen molar-refractivity contribution >= 4 is 9.84 Å². The third-order valence-electron chi connectivity index (χ3n) is 3.61. The molecule has 0 bridgehead atoms. The van der Waals surface area contributed by atoms with E-state index in [4.69, 9.17) is 5.73 Å². The van der Waals surface area contributed by atoms with Crippen LogP contribution in [0.15, 0.2) is 29.2 Å². The molecular weight excluding hydrogens is 238 g/mol. The maximum atomic E-state index is 11.9. The summed E-state index contributed by atoms with van der Waals surface area (Å²) in [6.45, 7) is 2.17. The predicted octanol–water partition coefficient (Wildman–Crippen LogP) is 0.646. The summed E-state index contributed by atoms with van der Waals surface area (Å²) in [4.78, 5) is 0.244. The lowest BCUT2D eigenvalue weighted by atomic mass is 9.80. The Kier molecular flexibility index (Phi) is 3.01. The zero-order valence-corrected chi connectivity index (χ0v) is 10.6. The molecule has 0 aliphatic carbocycles. The van der Waals surface area contributed by atoms with Gasteiger partial charge in [0, 0.05) is 11.5 Å². The molecule has 0 aromatic heterocycles. The third-order valence-corrected chi connectivity index (χ3v) is 5.38. The summed E-state index contributed by atoms with van der Waals surface area (Å²) in [5.41, 5.74) is 4.97. The van der Waals surface area contributed by atoms with Crippen LogP contribution in [0.1, 0.15) is 18.9 Å². The smallest absolute Gasteiger partial charge is 0.178 e. The van der Waals surface area contributed by atoms with E-state index < -0.39 is 15.4 Å². The van der Waals surface area contributed by atoms with E-state index in [9.17, 15) is 13.5 Å². The van der Waals surface area contributed by atoms with Gasteiger partial charge in [-0.3, -0.25) is 0 Å². The van der Waals surface area contributed by atoms with Crippen molar-refractivity contribution in [1.29, 1.82) is 0 Å². The molecule has 3 N–H and O–H groups in total. The summed E-state index contributed by atoms with van der Waals surface area (Å²) >= 11 is 0. The summed E-state index contributed by atoms with van der Waals surface area (Å²) in [6.07, 6.45) is 0.213. The van der Waals surface area contributed by atoms with Crippen molar-refractivity contribution in [1.82, 2.24) is 0 Å². The average molecular weight is 255 g/mol. The molecule has 2 rings (SSSR count). The molecule has 17 heavy (non-hydrogen) atoms. The molecule has 2 unspecified atom stereocenters. The van der Waals surface area contributed by atoms with Gasteiger partial charge in [-0.05, 0) is 19.0 Å². The molecule has 2 atom stereocenters. The van der Waals surface area contributed by atoms with Crippen molar-refractivity contribution in [2.75, 3.05) is 12.3 Å².